The molecule has 96 valence electrons. The molecule has 0 unspecified atom stereocenters. The van der Waals surface area contributed by atoms with Crippen LogP contribution in [0.1, 0.15) is 11.1 Å². The smallest absolute Gasteiger partial charge is 0.0178 e. The maximum atomic E-state index is 2.24. The predicted octanol–water partition coefficient (Wildman–Crippen LogP) is 5.28. The molecule has 1 aliphatic carbocycles. The van der Waals surface area contributed by atoms with Crippen LogP contribution in [0.2, 0.25) is 0 Å². The number of hydrogen-bond donors (Lipinski definition) is 0. The Hall–Kier alpha value is -2.60. The van der Waals surface area contributed by atoms with Crippen LogP contribution in [-0.2, 0) is 0 Å². The lowest BCUT2D eigenvalue weighted by Crippen LogP contribution is -1.86. The summed E-state index contributed by atoms with van der Waals surface area (Å²) in [7, 11) is 0. The fraction of sp³-hybridized carbons (Fsp3) is 0. The van der Waals surface area contributed by atoms with Crippen molar-refractivity contribution >= 4 is 11.1 Å². The van der Waals surface area contributed by atoms with Crippen LogP contribution in [0.3, 0.4) is 0 Å². The van der Waals surface area contributed by atoms with Crippen LogP contribution in [0, 0.1) is 0 Å². The first-order chi connectivity index (χ1) is 9.93. The Labute approximate surface area is 120 Å². The average molecular weight is 256 g/mol. The largest absolute Gasteiger partial charge is 0.0622 e. The zero-order chi connectivity index (χ0) is 13.6. The topological polar surface area (TPSA) is 0 Å². The van der Waals surface area contributed by atoms with Gasteiger partial charge in [-0.3, -0.25) is 0 Å². The molecule has 0 fully saturated rings. The second-order valence-electron chi connectivity index (χ2n) is 4.70. The highest BCUT2D eigenvalue weighted by atomic mass is 14.1. The lowest BCUT2D eigenvalue weighted by molar-refractivity contribution is 1.59. The van der Waals surface area contributed by atoms with E-state index in [1.807, 2.05) is 12.1 Å². The van der Waals surface area contributed by atoms with Gasteiger partial charge in [-0.2, -0.15) is 0 Å². The van der Waals surface area contributed by atoms with E-state index >= 15 is 0 Å². The van der Waals surface area contributed by atoms with Gasteiger partial charge in [0.05, 0.1) is 0 Å². The molecule has 0 heterocycles. The highest BCUT2D eigenvalue weighted by Gasteiger charge is 2.02. The van der Waals surface area contributed by atoms with Crippen molar-refractivity contribution in [2.24, 2.45) is 0 Å². The van der Waals surface area contributed by atoms with E-state index in [-0.39, 0.29) is 0 Å². The molecule has 0 bridgehead atoms. The molecule has 0 saturated heterocycles. The normalized spacial score (nSPS) is 22.6. The first-order valence-electron chi connectivity index (χ1n) is 6.81. The summed E-state index contributed by atoms with van der Waals surface area (Å²) in [5, 5.41) is 0. The second-order valence-corrected chi connectivity index (χ2v) is 4.70. The maximum absolute atomic E-state index is 2.24. The van der Waals surface area contributed by atoms with Crippen molar-refractivity contribution < 1.29 is 0 Å². The highest BCUT2D eigenvalue weighted by molar-refractivity contribution is 5.88. The average Bonchev–Trinajstić information content (AvgIpc) is 2.49. The van der Waals surface area contributed by atoms with Crippen molar-refractivity contribution in [2.45, 2.75) is 0 Å². The van der Waals surface area contributed by atoms with Crippen molar-refractivity contribution in [1.29, 1.82) is 0 Å². The van der Waals surface area contributed by atoms with E-state index in [4.69, 9.17) is 0 Å². The van der Waals surface area contributed by atoms with Gasteiger partial charge in [0.15, 0.2) is 0 Å². The van der Waals surface area contributed by atoms with Gasteiger partial charge in [-0.05, 0) is 28.3 Å². The standard InChI is InChI=1S/C20H16/c1-4-10-17(11-5-1)19-14-8-3-9-15-20(16-19)18-12-6-2-7-13-18/h1-16H/b8-3-,9-3?,14-8?,15-9-,19-14+,19-16?,20-15?,20-16+. The summed E-state index contributed by atoms with van der Waals surface area (Å²) in [6.45, 7) is 0. The molecule has 0 aliphatic heterocycles. The number of benzene rings is 2. The molecular weight excluding hydrogens is 240 g/mol. The van der Waals surface area contributed by atoms with Crippen LogP contribution in [-0.4, -0.2) is 0 Å². The van der Waals surface area contributed by atoms with E-state index in [1.54, 1.807) is 0 Å². The molecule has 0 atom stereocenters. The quantitative estimate of drug-likeness (QED) is 0.685. The molecule has 0 spiro atoms. The molecule has 0 aromatic heterocycles. The van der Waals surface area contributed by atoms with Crippen molar-refractivity contribution in [3.8, 4) is 0 Å². The Morgan fingerprint density at radius 3 is 1.75 bits per heavy atom. The molecule has 20 heavy (non-hydrogen) atoms. The van der Waals surface area contributed by atoms with Crippen LogP contribution >= 0.6 is 0 Å². The summed E-state index contributed by atoms with van der Waals surface area (Å²) < 4.78 is 0. The predicted molar refractivity (Wildman–Crippen MR) is 87.1 cm³/mol. The van der Waals surface area contributed by atoms with E-state index in [0.717, 1.165) is 0 Å². The van der Waals surface area contributed by atoms with Crippen molar-refractivity contribution in [3.63, 3.8) is 0 Å². The van der Waals surface area contributed by atoms with Gasteiger partial charge in [0.2, 0.25) is 0 Å². The fourth-order valence-corrected chi connectivity index (χ4v) is 2.27. The Kier molecular flexibility index (Phi) is 3.75. The second kappa shape index (κ2) is 6.03. The van der Waals surface area contributed by atoms with Crippen LogP contribution < -0.4 is 0 Å². The zero-order valence-corrected chi connectivity index (χ0v) is 11.2. The summed E-state index contributed by atoms with van der Waals surface area (Å²) in [6, 6.07) is 21.0. The van der Waals surface area contributed by atoms with E-state index < -0.39 is 0 Å². The Balaban J connectivity index is 2.06. The summed E-state index contributed by atoms with van der Waals surface area (Å²) in [5.41, 5.74) is 4.93. The van der Waals surface area contributed by atoms with Crippen LogP contribution in [0.15, 0.2) is 97.1 Å². The minimum Gasteiger partial charge on any atom is -0.0622 e. The minimum atomic E-state index is 1.23. The van der Waals surface area contributed by atoms with E-state index in [2.05, 4.69) is 85.0 Å². The molecule has 0 nitrogen and oxygen atoms in total. The summed E-state index contributed by atoms with van der Waals surface area (Å²) in [6.07, 6.45) is 12.8. The molecule has 2 aromatic rings. The van der Waals surface area contributed by atoms with Gasteiger partial charge in [-0.25, -0.2) is 0 Å². The van der Waals surface area contributed by atoms with Gasteiger partial charge < -0.3 is 0 Å². The minimum absolute atomic E-state index is 1.23. The van der Waals surface area contributed by atoms with Crippen molar-refractivity contribution in [1.82, 2.24) is 0 Å². The van der Waals surface area contributed by atoms with Gasteiger partial charge in [0, 0.05) is 0 Å². The van der Waals surface area contributed by atoms with Gasteiger partial charge in [0.25, 0.3) is 0 Å². The summed E-state index contributed by atoms with van der Waals surface area (Å²) >= 11 is 0. The molecule has 2 aromatic carbocycles. The van der Waals surface area contributed by atoms with Crippen molar-refractivity contribution in [2.75, 3.05) is 0 Å². The third kappa shape index (κ3) is 2.86. The van der Waals surface area contributed by atoms with Crippen LogP contribution in [0.25, 0.3) is 11.1 Å². The highest BCUT2D eigenvalue weighted by Crippen LogP contribution is 2.24. The van der Waals surface area contributed by atoms with Crippen LogP contribution in [0.4, 0.5) is 0 Å². The van der Waals surface area contributed by atoms with E-state index in [0.29, 0.717) is 0 Å². The lowest BCUT2D eigenvalue weighted by Gasteiger charge is -2.08. The number of allylic oxidation sites excluding steroid dienone is 8. The van der Waals surface area contributed by atoms with Crippen LogP contribution in [0.5, 0.6) is 0 Å². The molecular formula is C20H16. The summed E-state index contributed by atoms with van der Waals surface area (Å²) in [5.74, 6) is 0. The molecule has 0 saturated carbocycles. The van der Waals surface area contributed by atoms with Gasteiger partial charge in [-0.15, -0.1) is 0 Å². The van der Waals surface area contributed by atoms with Gasteiger partial charge in [-0.1, -0.05) is 91.0 Å². The van der Waals surface area contributed by atoms with Gasteiger partial charge in [0.1, 0.15) is 0 Å². The lowest BCUT2D eigenvalue weighted by atomic mass is 9.97. The summed E-state index contributed by atoms with van der Waals surface area (Å²) in [4.78, 5) is 0. The Morgan fingerprint density at radius 1 is 0.500 bits per heavy atom. The SMILES string of the molecule is C1=C\C=C(c2ccccc2)/C=C(c2ccccc2)\C=C/1. The van der Waals surface area contributed by atoms with Crippen molar-refractivity contribution in [3.05, 3.63) is 108 Å². The van der Waals surface area contributed by atoms with E-state index in [9.17, 15) is 0 Å². The molecule has 0 N–H and O–H groups in total. The van der Waals surface area contributed by atoms with Gasteiger partial charge >= 0.3 is 0 Å². The monoisotopic (exact) mass is 256 g/mol. The molecule has 0 amide bonds. The Morgan fingerprint density at radius 2 is 1.10 bits per heavy atom. The molecule has 0 radical (unpaired) electrons. The third-order valence-corrected chi connectivity index (χ3v) is 3.30. The number of hydrogen-bond acceptors (Lipinski definition) is 0. The first-order valence-corrected chi connectivity index (χ1v) is 6.81. The molecule has 1 aliphatic rings. The Bertz CT molecular complexity index is 643. The molecule has 3 rings (SSSR count). The van der Waals surface area contributed by atoms with E-state index in [1.165, 1.54) is 22.3 Å². The first kappa shape index (κ1) is 12.4. The number of rotatable bonds is 2. The molecule has 0 heteroatoms. The third-order valence-electron chi connectivity index (χ3n) is 3.30. The maximum Gasteiger partial charge on any atom is -0.0178 e. The fourth-order valence-electron chi connectivity index (χ4n) is 2.27. The zero-order valence-electron chi connectivity index (χ0n) is 11.2.